The van der Waals surface area contributed by atoms with E-state index in [0.717, 1.165) is 35.4 Å². The lowest BCUT2D eigenvalue weighted by molar-refractivity contribution is 0.859. The minimum atomic E-state index is 0.229. The number of fused-ring (bicyclic) bond motifs is 4. The summed E-state index contributed by atoms with van der Waals surface area (Å²) in [5, 5.41) is 2.66. The van der Waals surface area contributed by atoms with Gasteiger partial charge >= 0.3 is 0 Å². The van der Waals surface area contributed by atoms with Crippen molar-refractivity contribution in [2.75, 3.05) is 0 Å². The molecule has 8 aromatic rings. The lowest BCUT2D eigenvalue weighted by Gasteiger charge is -2.25. The molecular weight excluding hydrogens is 617 g/mol. The summed E-state index contributed by atoms with van der Waals surface area (Å²) >= 11 is 0. The average Bonchev–Trinajstić information content (AvgIpc) is 3.75. The molecule has 51 heavy (non-hydrogen) atoms. The minimum absolute atomic E-state index is 0.229. The van der Waals surface area contributed by atoms with E-state index in [1.807, 2.05) is 0 Å². The van der Waals surface area contributed by atoms with Crippen LogP contribution in [0.2, 0.25) is 0 Å². The lowest BCUT2D eigenvalue weighted by atomic mass is 9.78. The molecule has 2 heteroatoms. The number of imidazole rings is 1. The highest BCUT2D eigenvalue weighted by atomic mass is 15.1. The van der Waals surface area contributed by atoms with Crippen LogP contribution in [-0.2, 0) is 6.42 Å². The standard InChI is InChI=1S/C49H36N2/c1-2-45-50-43-24-9-10-25-44(43)51(45)38-21-11-20-37(30-38)32-26-28-34(29-27-32)41-31-42(33-14-5-3-6-15-33)48-39-22-12-18-35-19-13-23-40(46(35)39)49(48)47(41)36-16-7-4-8-17-36/h3-28,30-31,34H,2,29H2,1H3. The van der Waals surface area contributed by atoms with Crippen LogP contribution < -0.4 is 0 Å². The predicted molar refractivity (Wildman–Crippen MR) is 214 cm³/mol. The zero-order chi connectivity index (χ0) is 33.9. The molecule has 0 spiro atoms. The average molecular weight is 653 g/mol. The Labute approximate surface area is 298 Å². The fourth-order valence-corrected chi connectivity index (χ4v) is 8.56. The molecule has 0 amide bonds. The molecule has 242 valence electrons. The van der Waals surface area contributed by atoms with Crippen molar-refractivity contribution in [3.63, 3.8) is 0 Å². The summed E-state index contributed by atoms with van der Waals surface area (Å²) in [4.78, 5) is 4.94. The Hall–Kier alpha value is -6.25. The SMILES string of the molecule is CCc1nc2ccccc2n1-c1cccc(C2=CCC(c3cc(-c4ccccc4)c4c(c3-c3ccccc3)-c3cccc5cccc-4c35)C=C2)c1. The van der Waals surface area contributed by atoms with Gasteiger partial charge in [0.15, 0.2) is 0 Å². The van der Waals surface area contributed by atoms with Crippen molar-refractivity contribution in [3.05, 3.63) is 187 Å². The molecule has 1 atom stereocenters. The summed E-state index contributed by atoms with van der Waals surface area (Å²) in [6, 6.07) is 55.5. The third-order valence-electron chi connectivity index (χ3n) is 10.8. The third-order valence-corrected chi connectivity index (χ3v) is 10.8. The molecule has 2 nitrogen and oxygen atoms in total. The number of nitrogens with zero attached hydrogens (tertiary/aromatic N) is 2. The molecule has 0 saturated carbocycles. The van der Waals surface area contributed by atoms with Crippen molar-refractivity contribution in [3.8, 4) is 50.2 Å². The number of hydrogen-bond donors (Lipinski definition) is 0. The highest BCUT2D eigenvalue weighted by Crippen LogP contribution is 2.57. The molecule has 10 rings (SSSR count). The van der Waals surface area contributed by atoms with E-state index in [1.165, 1.54) is 72.0 Å². The zero-order valence-corrected chi connectivity index (χ0v) is 28.6. The molecule has 0 saturated heterocycles. The van der Waals surface area contributed by atoms with Gasteiger partial charge in [-0.2, -0.15) is 0 Å². The van der Waals surface area contributed by atoms with Crippen LogP contribution >= 0.6 is 0 Å². The maximum atomic E-state index is 4.94. The summed E-state index contributed by atoms with van der Waals surface area (Å²) in [5.74, 6) is 1.31. The number of aryl methyl sites for hydroxylation is 1. The maximum absolute atomic E-state index is 4.94. The monoisotopic (exact) mass is 652 g/mol. The normalized spacial score (nSPS) is 14.6. The number of allylic oxidation sites excluding steroid dienone is 4. The Morgan fingerprint density at radius 3 is 2.04 bits per heavy atom. The van der Waals surface area contributed by atoms with Gasteiger partial charge in [0, 0.05) is 18.0 Å². The summed E-state index contributed by atoms with van der Waals surface area (Å²) in [5.41, 5.74) is 17.8. The molecule has 7 aromatic carbocycles. The van der Waals surface area contributed by atoms with Crippen molar-refractivity contribution in [2.24, 2.45) is 0 Å². The first kappa shape index (κ1) is 29.6. The van der Waals surface area contributed by atoms with Gasteiger partial charge in [0.2, 0.25) is 0 Å². The molecule has 1 aromatic heterocycles. The van der Waals surface area contributed by atoms with Gasteiger partial charge in [0.1, 0.15) is 5.82 Å². The first-order valence-corrected chi connectivity index (χ1v) is 18.1. The van der Waals surface area contributed by atoms with E-state index in [1.54, 1.807) is 0 Å². The van der Waals surface area contributed by atoms with Crippen LogP contribution in [0.5, 0.6) is 0 Å². The van der Waals surface area contributed by atoms with Crippen molar-refractivity contribution < 1.29 is 0 Å². The van der Waals surface area contributed by atoms with Gasteiger partial charge < -0.3 is 0 Å². The fourth-order valence-electron chi connectivity index (χ4n) is 8.56. The second-order valence-corrected chi connectivity index (χ2v) is 13.7. The molecular formula is C49H36N2. The van der Waals surface area contributed by atoms with Gasteiger partial charge in [-0.05, 0) is 109 Å². The second kappa shape index (κ2) is 12.0. The Morgan fingerprint density at radius 2 is 1.29 bits per heavy atom. The summed E-state index contributed by atoms with van der Waals surface area (Å²) in [6.45, 7) is 2.18. The van der Waals surface area contributed by atoms with Crippen LogP contribution in [0.15, 0.2) is 170 Å². The molecule has 2 aliphatic carbocycles. The molecule has 2 aliphatic rings. The molecule has 0 N–H and O–H groups in total. The van der Waals surface area contributed by atoms with Gasteiger partial charge in [-0.1, -0.05) is 146 Å². The van der Waals surface area contributed by atoms with E-state index in [2.05, 4.69) is 181 Å². The van der Waals surface area contributed by atoms with E-state index < -0.39 is 0 Å². The highest BCUT2D eigenvalue weighted by Gasteiger charge is 2.31. The van der Waals surface area contributed by atoms with Crippen molar-refractivity contribution >= 4 is 27.4 Å². The van der Waals surface area contributed by atoms with E-state index in [0.29, 0.717) is 0 Å². The molecule has 1 heterocycles. The van der Waals surface area contributed by atoms with E-state index in [4.69, 9.17) is 4.98 Å². The fraction of sp³-hybridized carbons (Fsp3) is 0.0816. The molecule has 0 fully saturated rings. The van der Waals surface area contributed by atoms with Gasteiger partial charge in [0.05, 0.1) is 11.0 Å². The predicted octanol–water partition coefficient (Wildman–Crippen LogP) is 12.8. The Kier molecular flexibility index (Phi) is 6.95. The smallest absolute Gasteiger partial charge is 0.114 e. The Balaban J connectivity index is 1.12. The van der Waals surface area contributed by atoms with E-state index in [9.17, 15) is 0 Å². The molecule has 1 unspecified atom stereocenters. The van der Waals surface area contributed by atoms with Gasteiger partial charge in [-0.15, -0.1) is 0 Å². The largest absolute Gasteiger partial charge is 0.296 e. The summed E-state index contributed by atoms with van der Waals surface area (Å²) in [6.07, 6.45) is 9.03. The van der Waals surface area contributed by atoms with E-state index >= 15 is 0 Å². The van der Waals surface area contributed by atoms with Crippen LogP contribution in [0, 0.1) is 0 Å². The lowest BCUT2D eigenvalue weighted by Crippen LogP contribution is -2.04. The van der Waals surface area contributed by atoms with Crippen LogP contribution in [0.25, 0.3) is 77.6 Å². The van der Waals surface area contributed by atoms with Crippen molar-refractivity contribution in [1.29, 1.82) is 0 Å². The molecule has 0 bridgehead atoms. The highest BCUT2D eigenvalue weighted by molar-refractivity contribution is 6.21. The zero-order valence-electron chi connectivity index (χ0n) is 28.6. The first-order valence-electron chi connectivity index (χ1n) is 18.1. The molecule has 0 aliphatic heterocycles. The molecule has 0 radical (unpaired) electrons. The number of hydrogen-bond acceptors (Lipinski definition) is 1. The van der Waals surface area contributed by atoms with Gasteiger partial charge in [-0.25, -0.2) is 4.98 Å². The van der Waals surface area contributed by atoms with Gasteiger partial charge in [-0.3, -0.25) is 4.57 Å². The quantitative estimate of drug-likeness (QED) is 0.175. The summed E-state index contributed by atoms with van der Waals surface area (Å²) in [7, 11) is 0. The second-order valence-electron chi connectivity index (χ2n) is 13.7. The van der Waals surface area contributed by atoms with Crippen molar-refractivity contribution in [1.82, 2.24) is 9.55 Å². The van der Waals surface area contributed by atoms with Crippen LogP contribution in [0.4, 0.5) is 0 Å². The van der Waals surface area contributed by atoms with Crippen LogP contribution in [0.3, 0.4) is 0 Å². The van der Waals surface area contributed by atoms with Crippen LogP contribution in [0.1, 0.15) is 36.2 Å². The minimum Gasteiger partial charge on any atom is -0.296 e. The topological polar surface area (TPSA) is 17.8 Å². The van der Waals surface area contributed by atoms with E-state index in [-0.39, 0.29) is 5.92 Å². The number of rotatable bonds is 6. The van der Waals surface area contributed by atoms with Crippen molar-refractivity contribution in [2.45, 2.75) is 25.7 Å². The Bertz CT molecular complexity index is 2690. The number of para-hydroxylation sites is 2. The summed E-state index contributed by atoms with van der Waals surface area (Å²) < 4.78 is 2.31. The van der Waals surface area contributed by atoms with Gasteiger partial charge in [0.25, 0.3) is 0 Å². The Morgan fingerprint density at radius 1 is 0.608 bits per heavy atom. The van der Waals surface area contributed by atoms with Crippen LogP contribution in [-0.4, -0.2) is 9.55 Å². The number of aromatic nitrogens is 2. The number of benzene rings is 7. The third kappa shape index (κ3) is 4.75. The maximum Gasteiger partial charge on any atom is 0.114 e. The first-order chi connectivity index (χ1) is 25.3.